The van der Waals surface area contributed by atoms with Crippen LogP contribution in [-0.2, 0) is 6.18 Å². The highest BCUT2D eigenvalue weighted by Crippen LogP contribution is 2.35. The van der Waals surface area contributed by atoms with E-state index < -0.39 is 29.4 Å². The van der Waals surface area contributed by atoms with Gasteiger partial charge in [-0.15, -0.1) is 0 Å². The Hall–Kier alpha value is -1.96. The molecule has 1 aromatic carbocycles. The Labute approximate surface area is 139 Å². The Morgan fingerprint density at radius 2 is 1.92 bits per heavy atom. The topological polar surface area (TPSA) is 61.8 Å². The maximum Gasteiger partial charge on any atom is 0.419 e. The zero-order chi connectivity index (χ0) is 18.5. The molecule has 0 fully saturated rings. The average molecular weight is 348 g/mol. The first-order chi connectivity index (χ1) is 10.9. The van der Waals surface area contributed by atoms with E-state index in [1.54, 1.807) is 20.8 Å². The molecule has 0 spiro atoms. The van der Waals surface area contributed by atoms with E-state index in [-0.39, 0.29) is 18.9 Å². The summed E-state index contributed by atoms with van der Waals surface area (Å²) in [4.78, 5) is 13.2. The molecule has 0 aliphatic carbocycles. The van der Waals surface area contributed by atoms with Crippen molar-refractivity contribution in [3.05, 3.63) is 29.8 Å². The van der Waals surface area contributed by atoms with Crippen molar-refractivity contribution in [2.75, 3.05) is 20.2 Å². The number of rotatable bonds is 6. The molecule has 1 unspecified atom stereocenters. The van der Waals surface area contributed by atoms with Gasteiger partial charge in [0.15, 0.2) is 0 Å². The predicted octanol–water partition coefficient (Wildman–Crippen LogP) is 2.89. The van der Waals surface area contributed by atoms with Crippen molar-refractivity contribution in [1.29, 1.82) is 0 Å². The third-order valence-electron chi connectivity index (χ3n) is 3.02. The van der Waals surface area contributed by atoms with Crippen LogP contribution >= 0.6 is 0 Å². The second-order valence-corrected chi connectivity index (χ2v) is 6.32. The highest BCUT2D eigenvalue weighted by atomic mass is 19.4. The summed E-state index contributed by atoms with van der Waals surface area (Å²) in [7, 11) is 1.51. The van der Waals surface area contributed by atoms with Gasteiger partial charge < -0.3 is 20.1 Å². The molecule has 2 amide bonds. The number of benzene rings is 1. The van der Waals surface area contributed by atoms with Gasteiger partial charge in [-0.3, -0.25) is 0 Å². The number of aliphatic hydroxyl groups is 1. The van der Waals surface area contributed by atoms with Crippen LogP contribution in [-0.4, -0.2) is 47.9 Å². The number of ether oxygens (including phenoxy) is 1. The van der Waals surface area contributed by atoms with Crippen molar-refractivity contribution < 1.29 is 27.8 Å². The number of urea groups is 1. The van der Waals surface area contributed by atoms with Crippen LogP contribution in [0.3, 0.4) is 0 Å². The molecule has 0 aromatic heterocycles. The summed E-state index contributed by atoms with van der Waals surface area (Å²) in [6, 6.07) is 3.95. The number of halogens is 3. The first kappa shape index (κ1) is 20.1. The van der Waals surface area contributed by atoms with Gasteiger partial charge in [-0.05, 0) is 32.9 Å². The largest absolute Gasteiger partial charge is 0.491 e. The molecule has 0 bridgehead atoms. The lowest BCUT2D eigenvalue weighted by Crippen LogP contribution is -2.48. The fraction of sp³-hybridized carbons (Fsp3) is 0.562. The van der Waals surface area contributed by atoms with Crippen LogP contribution in [0.2, 0.25) is 0 Å². The van der Waals surface area contributed by atoms with Crippen LogP contribution in [0.1, 0.15) is 26.3 Å². The van der Waals surface area contributed by atoms with Crippen molar-refractivity contribution in [3.63, 3.8) is 0 Å². The molecule has 0 aliphatic rings. The maximum atomic E-state index is 12.9. The summed E-state index contributed by atoms with van der Waals surface area (Å²) in [5.74, 6) is -0.282. The number of hydrogen-bond acceptors (Lipinski definition) is 3. The Balaban J connectivity index is 2.59. The van der Waals surface area contributed by atoms with E-state index in [1.807, 2.05) is 0 Å². The van der Waals surface area contributed by atoms with Crippen molar-refractivity contribution in [1.82, 2.24) is 10.2 Å². The molecule has 8 heteroatoms. The van der Waals surface area contributed by atoms with Crippen molar-refractivity contribution in [3.8, 4) is 5.75 Å². The molecule has 0 radical (unpaired) electrons. The van der Waals surface area contributed by atoms with E-state index in [2.05, 4.69) is 5.32 Å². The van der Waals surface area contributed by atoms with Gasteiger partial charge in [0.05, 0.1) is 23.8 Å². The monoisotopic (exact) mass is 348 g/mol. The fourth-order valence-electron chi connectivity index (χ4n) is 2.06. The Bertz CT molecular complexity index is 556. The normalized spacial score (nSPS) is 13.3. The maximum absolute atomic E-state index is 12.9. The molecule has 0 heterocycles. The van der Waals surface area contributed by atoms with Crippen LogP contribution in [0.25, 0.3) is 0 Å². The Kier molecular flexibility index (Phi) is 6.48. The van der Waals surface area contributed by atoms with Gasteiger partial charge in [-0.2, -0.15) is 13.2 Å². The van der Waals surface area contributed by atoms with Crippen molar-refractivity contribution >= 4 is 6.03 Å². The summed E-state index contributed by atoms with van der Waals surface area (Å²) in [5, 5.41) is 12.3. The van der Waals surface area contributed by atoms with Crippen molar-refractivity contribution in [2.45, 2.75) is 38.6 Å². The number of nitrogens with one attached hydrogen (secondary N) is 1. The number of nitrogens with zero attached hydrogens (tertiary/aromatic N) is 1. The molecule has 0 saturated carbocycles. The zero-order valence-electron chi connectivity index (χ0n) is 14.1. The number of alkyl halides is 3. The number of likely N-dealkylation sites (N-methyl/N-ethyl adjacent to an activating group) is 1. The summed E-state index contributed by atoms with van der Waals surface area (Å²) >= 11 is 0. The van der Waals surface area contributed by atoms with Gasteiger partial charge >= 0.3 is 12.2 Å². The van der Waals surface area contributed by atoms with E-state index in [0.29, 0.717) is 0 Å². The number of para-hydroxylation sites is 1. The van der Waals surface area contributed by atoms with Gasteiger partial charge in [-0.25, -0.2) is 4.79 Å². The van der Waals surface area contributed by atoms with Crippen molar-refractivity contribution in [2.24, 2.45) is 0 Å². The fourth-order valence-corrected chi connectivity index (χ4v) is 2.06. The second-order valence-electron chi connectivity index (χ2n) is 6.32. The number of amides is 2. The molecule has 24 heavy (non-hydrogen) atoms. The Morgan fingerprint density at radius 1 is 1.33 bits per heavy atom. The quantitative estimate of drug-likeness (QED) is 0.831. The molecule has 0 aliphatic heterocycles. The number of hydrogen-bond donors (Lipinski definition) is 2. The van der Waals surface area contributed by atoms with E-state index in [4.69, 9.17) is 4.74 Å². The molecular formula is C16H23F3N2O3. The summed E-state index contributed by atoms with van der Waals surface area (Å²) in [6.07, 6.45) is -4.50. The first-order valence-corrected chi connectivity index (χ1v) is 7.43. The minimum absolute atomic E-state index is 0.114. The van der Waals surface area contributed by atoms with Crippen LogP contribution in [0.4, 0.5) is 18.0 Å². The standard InChI is InChI=1S/C16H23F3N2O3/c1-11(20-14(22)21(4)10-15(2,3)23)9-24-13-8-6-5-7-12(13)16(17,18)19/h5-8,11,23H,9-10H2,1-4H3,(H,20,22). The van der Waals surface area contributed by atoms with Crippen LogP contribution < -0.4 is 10.1 Å². The van der Waals surface area contributed by atoms with E-state index >= 15 is 0 Å². The molecule has 2 N–H and O–H groups in total. The average Bonchev–Trinajstić information content (AvgIpc) is 2.42. The molecule has 1 aromatic rings. The number of carbonyl (C=O) groups excluding carboxylic acids is 1. The third kappa shape index (κ3) is 6.66. The number of carbonyl (C=O) groups is 1. The van der Waals surface area contributed by atoms with Crippen LogP contribution in [0, 0.1) is 0 Å². The first-order valence-electron chi connectivity index (χ1n) is 7.43. The molecule has 1 atom stereocenters. The lowest BCUT2D eigenvalue weighted by atomic mass is 10.1. The van der Waals surface area contributed by atoms with Gasteiger partial charge in [-0.1, -0.05) is 12.1 Å². The second kappa shape index (κ2) is 7.74. The highest BCUT2D eigenvalue weighted by molar-refractivity contribution is 5.74. The Morgan fingerprint density at radius 3 is 2.46 bits per heavy atom. The SMILES string of the molecule is CC(COc1ccccc1C(F)(F)F)NC(=O)N(C)CC(C)(C)O. The van der Waals surface area contributed by atoms with E-state index in [9.17, 15) is 23.1 Å². The van der Waals surface area contributed by atoms with Crippen LogP contribution in [0.15, 0.2) is 24.3 Å². The third-order valence-corrected chi connectivity index (χ3v) is 3.02. The minimum atomic E-state index is -4.50. The van der Waals surface area contributed by atoms with Gasteiger partial charge in [0.2, 0.25) is 0 Å². The molecule has 5 nitrogen and oxygen atoms in total. The lowest BCUT2D eigenvalue weighted by molar-refractivity contribution is -0.139. The highest BCUT2D eigenvalue weighted by Gasteiger charge is 2.34. The van der Waals surface area contributed by atoms with E-state index in [1.165, 1.54) is 30.1 Å². The lowest BCUT2D eigenvalue weighted by Gasteiger charge is -2.27. The molecular weight excluding hydrogens is 325 g/mol. The summed E-state index contributed by atoms with van der Waals surface area (Å²) < 4.78 is 43.8. The van der Waals surface area contributed by atoms with Gasteiger partial charge in [0.25, 0.3) is 0 Å². The molecule has 136 valence electrons. The van der Waals surface area contributed by atoms with Crippen LogP contribution in [0.5, 0.6) is 5.75 Å². The minimum Gasteiger partial charge on any atom is -0.491 e. The summed E-state index contributed by atoms with van der Waals surface area (Å²) in [5.41, 5.74) is -1.90. The summed E-state index contributed by atoms with van der Waals surface area (Å²) in [6.45, 7) is 4.75. The predicted molar refractivity (Wildman–Crippen MR) is 83.9 cm³/mol. The van der Waals surface area contributed by atoms with Gasteiger partial charge in [0.1, 0.15) is 12.4 Å². The zero-order valence-corrected chi connectivity index (χ0v) is 14.1. The van der Waals surface area contributed by atoms with E-state index in [0.717, 1.165) is 6.07 Å². The smallest absolute Gasteiger partial charge is 0.419 e. The molecule has 1 rings (SSSR count). The van der Waals surface area contributed by atoms with Gasteiger partial charge in [0, 0.05) is 7.05 Å². The molecule has 0 saturated heterocycles.